The van der Waals surface area contributed by atoms with Crippen molar-refractivity contribution in [2.45, 2.75) is 13.1 Å². The summed E-state index contributed by atoms with van der Waals surface area (Å²) in [6.45, 7) is 1.97. The molecule has 4 nitrogen and oxygen atoms in total. The van der Waals surface area contributed by atoms with Gasteiger partial charge in [-0.25, -0.2) is 4.98 Å². The van der Waals surface area contributed by atoms with Crippen LogP contribution in [0.25, 0.3) is 0 Å². The third kappa shape index (κ3) is 2.91. The monoisotopic (exact) mass is 340 g/mol. The molecule has 1 aromatic heterocycles. The van der Waals surface area contributed by atoms with Crippen LogP contribution in [-0.2, 0) is 13.1 Å². The Morgan fingerprint density at radius 3 is 2.84 bits per heavy atom. The predicted octanol–water partition coefficient (Wildman–Crippen LogP) is 3.27. The summed E-state index contributed by atoms with van der Waals surface area (Å²) >= 11 is 5.20. The zero-order valence-corrected chi connectivity index (χ0v) is 12.8. The maximum atomic E-state index is 5.41. The maximum absolute atomic E-state index is 5.41. The zero-order chi connectivity index (χ0) is 13.2. The highest BCUT2D eigenvalue weighted by Crippen LogP contribution is 2.37. The minimum absolute atomic E-state index is 0.305. The lowest BCUT2D eigenvalue weighted by molar-refractivity contribution is 0.174. The first-order valence-electron chi connectivity index (χ1n) is 5.86. The summed E-state index contributed by atoms with van der Waals surface area (Å²) in [5, 5.41) is 2.07. The first-order chi connectivity index (χ1) is 9.22. The van der Waals surface area contributed by atoms with Gasteiger partial charge in [0, 0.05) is 22.9 Å². The average Bonchev–Trinajstić information content (AvgIpc) is 3.00. The van der Waals surface area contributed by atoms with Crippen molar-refractivity contribution >= 4 is 27.3 Å². The Hall–Kier alpha value is -1.11. The third-order valence-electron chi connectivity index (χ3n) is 2.90. The van der Waals surface area contributed by atoms with Gasteiger partial charge in [-0.2, -0.15) is 0 Å². The number of rotatable bonds is 4. The van der Waals surface area contributed by atoms with Crippen molar-refractivity contribution < 1.29 is 9.47 Å². The van der Waals surface area contributed by atoms with E-state index < -0.39 is 0 Å². The maximum Gasteiger partial charge on any atom is 0.231 e. The Balaban J connectivity index is 1.72. The van der Waals surface area contributed by atoms with Crippen LogP contribution in [0.15, 0.2) is 27.5 Å². The Bertz CT molecular complexity index is 574. The number of halogens is 1. The Morgan fingerprint density at radius 1 is 1.32 bits per heavy atom. The Labute approximate surface area is 124 Å². The summed E-state index contributed by atoms with van der Waals surface area (Å²) in [4.78, 5) is 6.52. The lowest BCUT2D eigenvalue weighted by atomic mass is 10.2. The molecule has 3 rings (SSSR count). The van der Waals surface area contributed by atoms with Crippen LogP contribution in [0.2, 0.25) is 0 Å². The fraction of sp³-hybridized carbons (Fsp3) is 0.308. The van der Waals surface area contributed by atoms with Crippen LogP contribution >= 0.6 is 27.3 Å². The fourth-order valence-corrected chi connectivity index (χ4v) is 3.02. The molecule has 19 heavy (non-hydrogen) atoms. The molecule has 0 spiro atoms. The van der Waals surface area contributed by atoms with Gasteiger partial charge in [-0.3, -0.25) is 4.90 Å². The molecule has 2 heterocycles. The van der Waals surface area contributed by atoms with Gasteiger partial charge in [0.1, 0.15) is 0 Å². The first-order valence-corrected chi connectivity index (χ1v) is 7.59. The van der Waals surface area contributed by atoms with E-state index >= 15 is 0 Å². The van der Waals surface area contributed by atoms with Gasteiger partial charge in [0.05, 0.1) is 11.2 Å². The van der Waals surface area contributed by atoms with Crippen LogP contribution in [0.3, 0.4) is 0 Å². The molecule has 1 aliphatic heterocycles. The van der Waals surface area contributed by atoms with Crippen LogP contribution in [-0.4, -0.2) is 23.7 Å². The number of hydrogen-bond donors (Lipinski definition) is 0. The summed E-state index contributed by atoms with van der Waals surface area (Å²) in [5.74, 6) is 1.62. The average molecular weight is 341 g/mol. The lowest BCUT2D eigenvalue weighted by Crippen LogP contribution is -2.17. The van der Waals surface area contributed by atoms with Crippen LogP contribution in [0.4, 0.5) is 0 Å². The normalized spacial score (nSPS) is 13.2. The molecule has 0 N–H and O–H groups in total. The van der Waals surface area contributed by atoms with Crippen LogP contribution in [0.5, 0.6) is 11.5 Å². The summed E-state index contributed by atoms with van der Waals surface area (Å²) < 4.78 is 11.8. The molecule has 0 amide bonds. The van der Waals surface area contributed by atoms with Gasteiger partial charge in [0.2, 0.25) is 6.79 Å². The van der Waals surface area contributed by atoms with Gasteiger partial charge in [0.15, 0.2) is 11.5 Å². The third-order valence-corrected chi connectivity index (χ3v) is 4.27. The van der Waals surface area contributed by atoms with Gasteiger partial charge in [-0.05, 0) is 24.7 Å². The minimum Gasteiger partial charge on any atom is -0.454 e. The Morgan fingerprint density at radius 2 is 2.11 bits per heavy atom. The van der Waals surface area contributed by atoms with E-state index in [0.29, 0.717) is 6.79 Å². The molecular weight excluding hydrogens is 328 g/mol. The number of ether oxygens (including phenoxy) is 2. The number of benzene rings is 1. The molecule has 2 aromatic rings. The van der Waals surface area contributed by atoms with Crippen LogP contribution in [0.1, 0.15) is 11.3 Å². The molecular formula is C13H13BrN2O2S. The number of fused-ring (bicyclic) bond motifs is 1. The molecule has 0 bridgehead atoms. The molecule has 0 aliphatic carbocycles. The minimum atomic E-state index is 0.305. The van der Waals surface area contributed by atoms with Crippen molar-refractivity contribution in [3.8, 4) is 11.5 Å². The van der Waals surface area contributed by atoms with E-state index in [0.717, 1.165) is 34.8 Å². The van der Waals surface area contributed by atoms with E-state index in [4.69, 9.17) is 9.47 Å². The van der Waals surface area contributed by atoms with E-state index in [1.165, 1.54) is 5.56 Å². The molecule has 0 radical (unpaired) electrons. The quantitative estimate of drug-likeness (QED) is 0.855. The van der Waals surface area contributed by atoms with Gasteiger partial charge in [-0.15, -0.1) is 11.3 Å². The second kappa shape index (κ2) is 5.48. The number of hydrogen-bond acceptors (Lipinski definition) is 5. The highest BCUT2D eigenvalue weighted by molar-refractivity contribution is 9.10. The number of nitrogens with zero attached hydrogens (tertiary/aromatic N) is 2. The Kier molecular flexibility index (Phi) is 3.72. The number of thiazole rings is 1. The van der Waals surface area contributed by atoms with Crippen molar-refractivity contribution in [1.82, 2.24) is 9.88 Å². The van der Waals surface area contributed by atoms with Gasteiger partial charge in [0.25, 0.3) is 0 Å². The highest BCUT2D eigenvalue weighted by atomic mass is 79.9. The van der Waals surface area contributed by atoms with Crippen molar-refractivity contribution in [3.05, 3.63) is 38.8 Å². The van der Waals surface area contributed by atoms with Gasteiger partial charge < -0.3 is 9.47 Å². The van der Waals surface area contributed by atoms with E-state index in [-0.39, 0.29) is 0 Å². The van der Waals surface area contributed by atoms with E-state index in [1.54, 1.807) is 11.3 Å². The second-order valence-electron chi connectivity index (χ2n) is 4.45. The smallest absolute Gasteiger partial charge is 0.231 e. The fourth-order valence-electron chi connectivity index (χ4n) is 2.02. The van der Waals surface area contributed by atoms with Gasteiger partial charge >= 0.3 is 0 Å². The summed E-state index contributed by atoms with van der Waals surface area (Å²) in [6, 6.07) is 4.00. The molecule has 1 aliphatic rings. The molecule has 1 aromatic carbocycles. The van der Waals surface area contributed by atoms with E-state index in [9.17, 15) is 0 Å². The van der Waals surface area contributed by atoms with Crippen molar-refractivity contribution in [2.75, 3.05) is 13.8 Å². The first kappa shape index (κ1) is 12.9. The lowest BCUT2D eigenvalue weighted by Gasteiger charge is -2.16. The SMILES string of the molecule is CN(Cc1cscn1)Cc1cc2c(cc1Br)OCO2. The topological polar surface area (TPSA) is 34.6 Å². The molecule has 6 heteroatoms. The largest absolute Gasteiger partial charge is 0.454 e. The van der Waals surface area contributed by atoms with Crippen molar-refractivity contribution in [2.24, 2.45) is 0 Å². The molecule has 0 atom stereocenters. The summed E-state index contributed by atoms with van der Waals surface area (Å²) in [5.41, 5.74) is 4.14. The molecule has 0 fully saturated rings. The second-order valence-corrected chi connectivity index (χ2v) is 6.02. The molecule has 0 unspecified atom stereocenters. The van der Waals surface area contributed by atoms with Crippen molar-refractivity contribution in [3.63, 3.8) is 0 Å². The highest BCUT2D eigenvalue weighted by Gasteiger charge is 2.17. The zero-order valence-electron chi connectivity index (χ0n) is 10.4. The molecule has 0 saturated carbocycles. The van der Waals surface area contributed by atoms with E-state index in [1.807, 2.05) is 17.6 Å². The summed E-state index contributed by atoms with van der Waals surface area (Å²) in [6.07, 6.45) is 0. The van der Waals surface area contributed by atoms with Crippen LogP contribution in [0, 0.1) is 0 Å². The molecule has 0 saturated heterocycles. The summed E-state index contributed by atoms with van der Waals surface area (Å²) in [7, 11) is 2.08. The molecule has 100 valence electrons. The number of aromatic nitrogens is 1. The van der Waals surface area contributed by atoms with Crippen molar-refractivity contribution in [1.29, 1.82) is 0 Å². The van der Waals surface area contributed by atoms with E-state index in [2.05, 4.69) is 38.2 Å². The standard InChI is InChI=1S/C13H13BrN2O2S/c1-16(5-10-6-19-7-15-10)4-9-2-12-13(3-11(9)14)18-8-17-12/h2-3,6-7H,4-5,8H2,1H3. The van der Waals surface area contributed by atoms with Crippen LogP contribution < -0.4 is 9.47 Å². The van der Waals surface area contributed by atoms with Gasteiger partial charge in [-0.1, -0.05) is 15.9 Å². The predicted molar refractivity (Wildman–Crippen MR) is 77.6 cm³/mol.